The second kappa shape index (κ2) is 6.68. The van der Waals surface area contributed by atoms with Crippen LogP contribution in [-0.2, 0) is 19.3 Å². The highest BCUT2D eigenvalue weighted by Gasteiger charge is 2.37. The van der Waals surface area contributed by atoms with E-state index in [0.29, 0.717) is 25.1 Å². The van der Waals surface area contributed by atoms with Crippen molar-refractivity contribution in [1.82, 2.24) is 10.5 Å². The zero-order valence-electron chi connectivity index (χ0n) is 15.2. The van der Waals surface area contributed by atoms with Gasteiger partial charge in [-0.15, -0.1) is 0 Å². The zero-order chi connectivity index (χ0) is 18.4. The minimum Gasteiger partial charge on any atom is -0.493 e. The lowest BCUT2D eigenvalue weighted by atomic mass is 9.74. The van der Waals surface area contributed by atoms with E-state index in [-0.39, 0.29) is 24.0 Å². The highest BCUT2D eigenvalue weighted by molar-refractivity contribution is 5.94. The molecule has 2 heterocycles. The number of carbonyl (C=O) groups excluding carboxylic acids is 1. The molecule has 2 N–H and O–H groups in total. The zero-order valence-corrected chi connectivity index (χ0v) is 15.2. The first-order valence-electron chi connectivity index (χ1n) is 9.91. The number of nitrogens with one attached hydrogen (secondary N) is 1. The van der Waals surface area contributed by atoms with E-state index in [9.17, 15) is 9.90 Å². The van der Waals surface area contributed by atoms with Crippen LogP contribution in [0.1, 0.15) is 64.7 Å². The molecule has 1 aliphatic heterocycles. The van der Waals surface area contributed by atoms with E-state index < -0.39 is 0 Å². The van der Waals surface area contributed by atoms with Gasteiger partial charge >= 0.3 is 0 Å². The third-order valence-corrected chi connectivity index (χ3v) is 6.15. The summed E-state index contributed by atoms with van der Waals surface area (Å²) in [6.07, 6.45) is 5.90. The largest absolute Gasteiger partial charge is 0.493 e. The van der Waals surface area contributed by atoms with Crippen LogP contribution in [0.5, 0.6) is 5.75 Å². The molecule has 27 heavy (non-hydrogen) atoms. The van der Waals surface area contributed by atoms with Gasteiger partial charge in [0.25, 0.3) is 5.91 Å². The Bertz CT molecular complexity index is 869. The Morgan fingerprint density at radius 2 is 2.07 bits per heavy atom. The summed E-state index contributed by atoms with van der Waals surface area (Å²) < 4.78 is 11.0. The van der Waals surface area contributed by atoms with Crippen LogP contribution in [0.2, 0.25) is 0 Å². The summed E-state index contributed by atoms with van der Waals surface area (Å²) in [5.41, 5.74) is 3.65. The predicted octanol–water partition coefficient (Wildman–Crippen LogP) is 2.73. The average molecular weight is 368 g/mol. The van der Waals surface area contributed by atoms with E-state index in [2.05, 4.69) is 16.5 Å². The summed E-state index contributed by atoms with van der Waals surface area (Å²) in [6.45, 7) is 0.711. The highest BCUT2D eigenvalue weighted by atomic mass is 16.5. The quantitative estimate of drug-likeness (QED) is 0.867. The number of aromatic nitrogens is 1. The summed E-state index contributed by atoms with van der Waals surface area (Å²) >= 11 is 0. The van der Waals surface area contributed by atoms with Crippen LogP contribution in [0.4, 0.5) is 0 Å². The maximum Gasteiger partial charge on any atom is 0.274 e. The Balaban J connectivity index is 1.41. The minimum absolute atomic E-state index is 0.136. The standard InChI is InChI=1S/C21H24N2O4/c24-15-10-14(11-15)19(13-5-6-17-12(9-13)7-8-26-17)22-21(25)20-16-3-1-2-4-18(16)27-23-20/h5-6,9,14-15,19,24H,1-4,7-8,10-11H2,(H,22,25). The molecular weight excluding hydrogens is 344 g/mol. The molecule has 1 saturated carbocycles. The van der Waals surface area contributed by atoms with E-state index >= 15 is 0 Å². The molecule has 5 rings (SSSR count). The Morgan fingerprint density at radius 1 is 1.22 bits per heavy atom. The number of rotatable bonds is 4. The van der Waals surface area contributed by atoms with Gasteiger partial charge in [0.15, 0.2) is 5.69 Å². The molecule has 1 unspecified atom stereocenters. The Labute approximate surface area is 157 Å². The molecule has 142 valence electrons. The number of benzene rings is 1. The molecule has 3 aliphatic rings. The molecule has 2 aliphatic carbocycles. The molecule has 6 nitrogen and oxygen atoms in total. The third kappa shape index (κ3) is 3.02. The number of nitrogens with zero attached hydrogens (tertiary/aromatic N) is 1. The number of hydrogen-bond donors (Lipinski definition) is 2. The summed E-state index contributed by atoms with van der Waals surface area (Å²) in [5, 5.41) is 17.0. The van der Waals surface area contributed by atoms with Gasteiger partial charge in [-0.05, 0) is 61.3 Å². The summed E-state index contributed by atoms with van der Waals surface area (Å²) in [6, 6.07) is 6.01. The van der Waals surface area contributed by atoms with Crippen molar-refractivity contribution in [1.29, 1.82) is 0 Å². The van der Waals surface area contributed by atoms with Gasteiger partial charge in [-0.2, -0.15) is 0 Å². The molecular formula is C21H24N2O4. The summed E-state index contributed by atoms with van der Waals surface area (Å²) in [7, 11) is 0. The molecule has 1 amide bonds. The van der Waals surface area contributed by atoms with Gasteiger partial charge < -0.3 is 19.7 Å². The normalized spacial score (nSPS) is 24.3. The van der Waals surface area contributed by atoms with Gasteiger partial charge in [-0.25, -0.2) is 0 Å². The number of aliphatic hydroxyl groups excluding tert-OH is 1. The first-order chi connectivity index (χ1) is 13.2. The number of hydrogen-bond acceptors (Lipinski definition) is 5. The monoisotopic (exact) mass is 368 g/mol. The minimum atomic E-state index is -0.271. The number of ether oxygens (including phenoxy) is 1. The van der Waals surface area contributed by atoms with Crippen molar-refractivity contribution in [3.8, 4) is 5.75 Å². The molecule has 1 atom stereocenters. The van der Waals surface area contributed by atoms with E-state index in [0.717, 1.165) is 54.7 Å². The molecule has 2 aromatic rings. The van der Waals surface area contributed by atoms with Gasteiger partial charge in [0.2, 0.25) is 0 Å². The second-order valence-electron chi connectivity index (χ2n) is 7.94. The van der Waals surface area contributed by atoms with E-state index in [1.165, 1.54) is 5.56 Å². The lowest BCUT2D eigenvalue weighted by molar-refractivity contribution is 0.0234. The van der Waals surface area contributed by atoms with E-state index in [1.807, 2.05) is 12.1 Å². The number of aliphatic hydroxyl groups is 1. The topological polar surface area (TPSA) is 84.6 Å². The fourth-order valence-electron chi connectivity index (χ4n) is 4.55. The Kier molecular flexibility index (Phi) is 4.16. The number of aryl methyl sites for hydroxylation is 1. The van der Waals surface area contributed by atoms with Gasteiger partial charge in [0.1, 0.15) is 11.5 Å². The summed E-state index contributed by atoms with van der Waals surface area (Å²) in [5.74, 6) is 1.84. The smallest absolute Gasteiger partial charge is 0.274 e. The van der Waals surface area contributed by atoms with Crippen LogP contribution >= 0.6 is 0 Å². The maximum absolute atomic E-state index is 13.0. The van der Waals surface area contributed by atoms with Gasteiger partial charge in [-0.1, -0.05) is 11.2 Å². The van der Waals surface area contributed by atoms with Crippen LogP contribution < -0.4 is 10.1 Å². The Morgan fingerprint density at radius 3 is 2.93 bits per heavy atom. The van der Waals surface area contributed by atoms with Crippen LogP contribution in [-0.4, -0.2) is 28.9 Å². The fourth-order valence-corrected chi connectivity index (χ4v) is 4.55. The number of carbonyl (C=O) groups is 1. The van der Waals surface area contributed by atoms with Crippen molar-refractivity contribution < 1.29 is 19.2 Å². The lowest BCUT2D eigenvalue weighted by Gasteiger charge is -2.38. The fraction of sp³-hybridized carbons (Fsp3) is 0.524. The molecule has 1 aromatic heterocycles. The molecule has 1 fully saturated rings. The third-order valence-electron chi connectivity index (χ3n) is 6.15. The number of fused-ring (bicyclic) bond motifs is 2. The van der Waals surface area contributed by atoms with Gasteiger partial charge in [-0.3, -0.25) is 4.79 Å². The average Bonchev–Trinajstić information content (AvgIpc) is 3.29. The van der Waals surface area contributed by atoms with Crippen molar-refractivity contribution in [3.05, 3.63) is 46.3 Å². The molecule has 0 bridgehead atoms. The SMILES string of the molecule is O=C(NC(c1ccc2c(c1)CCO2)C1CC(O)C1)c1noc2c1CCCC2. The molecule has 0 saturated heterocycles. The van der Waals surface area contributed by atoms with E-state index in [4.69, 9.17) is 9.26 Å². The highest BCUT2D eigenvalue weighted by Crippen LogP contribution is 2.40. The molecule has 6 heteroatoms. The molecule has 0 spiro atoms. The molecule has 1 aromatic carbocycles. The summed E-state index contributed by atoms with van der Waals surface area (Å²) in [4.78, 5) is 13.0. The molecule has 0 radical (unpaired) electrons. The predicted molar refractivity (Wildman–Crippen MR) is 97.7 cm³/mol. The van der Waals surface area contributed by atoms with Gasteiger partial charge in [0, 0.05) is 18.4 Å². The number of amides is 1. The van der Waals surface area contributed by atoms with E-state index in [1.54, 1.807) is 0 Å². The van der Waals surface area contributed by atoms with Crippen molar-refractivity contribution in [3.63, 3.8) is 0 Å². The van der Waals surface area contributed by atoms with Crippen LogP contribution in [0.25, 0.3) is 0 Å². The van der Waals surface area contributed by atoms with Crippen molar-refractivity contribution >= 4 is 5.91 Å². The lowest BCUT2D eigenvalue weighted by Crippen LogP contribution is -2.41. The van der Waals surface area contributed by atoms with Crippen molar-refractivity contribution in [2.75, 3.05) is 6.61 Å². The van der Waals surface area contributed by atoms with Crippen LogP contribution in [0.15, 0.2) is 22.7 Å². The maximum atomic E-state index is 13.0. The van der Waals surface area contributed by atoms with Crippen LogP contribution in [0, 0.1) is 5.92 Å². The first-order valence-corrected chi connectivity index (χ1v) is 9.91. The second-order valence-corrected chi connectivity index (χ2v) is 7.94. The first kappa shape index (κ1) is 16.8. The Hall–Kier alpha value is -2.34. The van der Waals surface area contributed by atoms with Crippen LogP contribution in [0.3, 0.4) is 0 Å². The van der Waals surface area contributed by atoms with Crippen molar-refractivity contribution in [2.24, 2.45) is 5.92 Å². The van der Waals surface area contributed by atoms with Crippen molar-refractivity contribution in [2.45, 2.75) is 57.1 Å². The van der Waals surface area contributed by atoms with Gasteiger partial charge in [0.05, 0.1) is 18.8 Å².